The zero-order valence-corrected chi connectivity index (χ0v) is 14.7. The Kier molecular flexibility index (Phi) is 7.31. The molecule has 2 aliphatic rings. The summed E-state index contributed by atoms with van der Waals surface area (Å²) in [7, 11) is 0. The molecule has 2 aliphatic heterocycles. The molecular weight excluding hydrogens is 294 g/mol. The fourth-order valence-electron chi connectivity index (χ4n) is 3.74. The van der Waals surface area contributed by atoms with Gasteiger partial charge in [-0.3, -0.25) is 4.79 Å². The van der Waals surface area contributed by atoms with Gasteiger partial charge in [0, 0.05) is 25.3 Å². The topological polar surface area (TPSA) is 70.8 Å². The normalized spacial score (nSPS) is 31.4. The largest absolute Gasteiger partial charge is 0.463 e. The summed E-state index contributed by atoms with van der Waals surface area (Å²) >= 11 is 0. The maximum absolute atomic E-state index is 11.7. The molecule has 0 saturated carbocycles. The molecule has 0 spiro atoms. The van der Waals surface area contributed by atoms with Crippen molar-refractivity contribution in [2.24, 2.45) is 11.7 Å². The van der Waals surface area contributed by atoms with Crippen molar-refractivity contribution in [3.05, 3.63) is 0 Å². The number of cyclic esters (lactones) is 1. The van der Waals surface area contributed by atoms with Gasteiger partial charge >= 0.3 is 5.97 Å². The third kappa shape index (κ3) is 5.73. The minimum atomic E-state index is -0.413. The van der Waals surface area contributed by atoms with Crippen molar-refractivity contribution in [2.45, 2.75) is 89.6 Å². The van der Waals surface area contributed by atoms with E-state index in [1.807, 2.05) is 6.92 Å². The molecule has 134 valence electrons. The highest BCUT2D eigenvalue weighted by Crippen LogP contribution is 2.34. The van der Waals surface area contributed by atoms with Crippen molar-refractivity contribution in [1.82, 2.24) is 0 Å². The van der Waals surface area contributed by atoms with Gasteiger partial charge in [0.05, 0.1) is 13.2 Å². The Bertz CT molecular complexity index is 368. The molecule has 2 heterocycles. The molecule has 0 aliphatic carbocycles. The highest BCUT2D eigenvalue weighted by molar-refractivity contribution is 5.69. The van der Waals surface area contributed by atoms with Crippen LogP contribution in [0.25, 0.3) is 0 Å². The van der Waals surface area contributed by atoms with E-state index in [0.29, 0.717) is 25.6 Å². The molecule has 2 fully saturated rings. The SMILES string of the molecule is CCCCCC1(CC[C@@H]2CCC(=O)O[C@H](C)C[C@H]2N)OCCO1. The lowest BCUT2D eigenvalue weighted by Gasteiger charge is -2.33. The number of hydrogen-bond donors (Lipinski definition) is 1. The van der Waals surface area contributed by atoms with Crippen molar-refractivity contribution < 1.29 is 19.0 Å². The quantitative estimate of drug-likeness (QED) is 0.574. The Balaban J connectivity index is 1.88. The Morgan fingerprint density at radius 3 is 2.65 bits per heavy atom. The first kappa shape index (κ1) is 18.7. The van der Waals surface area contributed by atoms with Crippen LogP contribution in [0.2, 0.25) is 0 Å². The lowest BCUT2D eigenvalue weighted by atomic mass is 9.84. The minimum Gasteiger partial charge on any atom is -0.463 e. The van der Waals surface area contributed by atoms with Crippen molar-refractivity contribution >= 4 is 5.97 Å². The van der Waals surface area contributed by atoms with Crippen LogP contribution in [0.15, 0.2) is 0 Å². The predicted octanol–water partition coefficient (Wildman–Crippen LogP) is 3.15. The Labute approximate surface area is 140 Å². The molecule has 2 saturated heterocycles. The average Bonchev–Trinajstić information content (AvgIpc) is 2.95. The zero-order valence-electron chi connectivity index (χ0n) is 14.7. The van der Waals surface area contributed by atoms with Gasteiger partial charge in [0.2, 0.25) is 0 Å². The number of carbonyl (C=O) groups is 1. The molecule has 0 radical (unpaired) electrons. The number of esters is 1. The van der Waals surface area contributed by atoms with E-state index in [1.54, 1.807) is 0 Å². The first-order valence-electron chi connectivity index (χ1n) is 9.27. The van der Waals surface area contributed by atoms with E-state index in [9.17, 15) is 4.79 Å². The van der Waals surface area contributed by atoms with Gasteiger partial charge in [0.1, 0.15) is 6.10 Å². The number of nitrogens with two attached hydrogens (primary N) is 1. The van der Waals surface area contributed by atoms with Crippen molar-refractivity contribution in [2.75, 3.05) is 13.2 Å². The average molecular weight is 327 g/mol. The molecule has 5 nitrogen and oxygen atoms in total. The van der Waals surface area contributed by atoms with Crippen LogP contribution >= 0.6 is 0 Å². The van der Waals surface area contributed by atoms with Crippen LogP contribution in [0.3, 0.4) is 0 Å². The molecule has 3 atom stereocenters. The first-order chi connectivity index (χ1) is 11.0. The van der Waals surface area contributed by atoms with Crippen LogP contribution < -0.4 is 5.73 Å². The number of carbonyl (C=O) groups excluding carboxylic acids is 1. The smallest absolute Gasteiger partial charge is 0.306 e. The van der Waals surface area contributed by atoms with Crippen LogP contribution in [0.4, 0.5) is 0 Å². The molecule has 0 aromatic rings. The van der Waals surface area contributed by atoms with Gasteiger partial charge in [-0.2, -0.15) is 0 Å². The van der Waals surface area contributed by atoms with Gasteiger partial charge in [-0.25, -0.2) is 0 Å². The third-order valence-electron chi connectivity index (χ3n) is 5.13. The fraction of sp³-hybridized carbons (Fsp3) is 0.944. The lowest BCUT2D eigenvalue weighted by Crippen LogP contribution is -2.39. The summed E-state index contributed by atoms with van der Waals surface area (Å²) in [5, 5.41) is 0. The summed E-state index contributed by atoms with van der Waals surface area (Å²) in [6.07, 6.45) is 8.25. The standard InChI is InChI=1S/C18H33NO4/c1-3-4-5-9-18(21-11-12-22-18)10-8-15-6-7-17(20)23-14(2)13-16(15)19/h14-16H,3-13,19H2,1-2H3/t14-,15+,16-/m1/s1. The lowest BCUT2D eigenvalue weighted by molar-refractivity contribution is -0.171. The van der Waals surface area contributed by atoms with Crippen molar-refractivity contribution in [3.8, 4) is 0 Å². The number of hydrogen-bond acceptors (Lipinski definition) is 5. The van der Waals surface area contributed by atoms with Crippen LogP contribution in [0.1, 0.15) is 71.6 Å². The second-order valence-corrected chi connectivity index (χ2v) is 7.10. The number of rotatable bonds is 7. The van der Waals surface area contributed by atoms with E-state index in [0.717, 1.165) is 38.5 Å². The second kappa shape index (κ2) is 9.00. The predicted molar refractivity (Wildman–Crippen MR) is 88.9 cm³/mol. The summed E-state index contributed by atoms with van der Waals surface area (Å²) in [6.45, 7) is 5.50. The van der Waals surface area contributed by atoms with E-state index in [1.165, 1.54) is 12.8 Å². The van der Waals surface area contributed by atoms with Crippen LogP contribution in [-0.4, -0.2) is 37.1 Å². The fourth-order valence-corrected chi connectivity index (χ4v) is 3.74. The Morgan fingerprint density at radius 1 is 1.22 bits per heavy atom. The molecule has 0 aromatic heterocycles. The summed E-state index contributed by atoms with van der Waals surface area (Å²) < 4.78 is 17.2. The Hall–Kier alpha value is -0.650. The maximum atomic E-state index is 11.7. The molecule has 0 bridgehead atoms. The second-order valence-electron chi connectivity index (χ2n) is 7.10. The molecule has 2 rings (SSSR count). The summed E-state index contributed by atoms with van der Waals surface area (Å²) in [5.74, 6) is -0.176. The summed E-state index contributed by atoms with van der Waals surface area (Å²) in [6, 6.07) is 0.0761. The number of ether oxygens (including phenoxy) is 3. The van der Waals surface area contributed by atoms with Crippen molar-refractivity contribution in [1.29, 1.82) is 0 Å². The minimum absolute atomic E-state index is 0.0761. The van der Waals surface area contributed by atoms with Gasteiger partial charge in [0.25, 0.3) is 0 Å². The van der Waals surface area contributed by atoms with E-state index >= 15 is 0 Å². The van der Waals surface area contributed by atoms with E-state index in [4.69, 9.17) is 19.9 Å². The van der Waals surface area contributed by atoms with E-state index in [-0.39, 0.29) is 18.1 Å². The zero-order chi connectivity index (χ0) is 16.7. The van der Waals surface area contributed by atoms with E-state index in [2.05, 4.69) is 6.92 Å². The van der Waals surface area contributed by atoms with E-state index < -0.39 is 5.79 Å². The highest BCUT2D eigenvalue weighted by atomic mass is 16.7. The summed E-state index contributed by atoms with van der Waals surface area (Å²) in [4.78, 5) is 11.7. The van der Waals surface area contributed by atoms with Crippen molar-refractivity contribution in [3.63, 3.8) is 0 Å². The Morgan fingerprint density at radius 2 is 1.96 bits per heavy atom. The first-order valence-corrected chi connectivity index (χ1v) is 9.27. The van der Waals surface area contributed by atoms with Gasteiger partial charge in [0.15, 0.2) is 5.79 Å². The van der Waals surface area contributed by atoms with Gasteiger partial charge in [-0.05, 0) is 38.5 Å². The van der Waals surface area contributed by atoms with Gasteiger partial charge < -0.3 is 19.9 Å². The monoisotopic (exact) mass is 327 g/mol. The maximum Gasteiger partial charge on any atom is 0.306 e. The van der Waals surface area contributed by atoms with Crippen LogP contribution in [0.5, 0.6) is 0 Å². The summed E-state index contributed by atoms with van der Waals surface area (Å²) in [5.41, 5.74) is 6.36. The van der Waals surface area contributed by atoms with Gasteiger partial charge in [-0.15, -0.1) is 0 Å². The molecule has 0 amide bonds. The van der Waals surface area contributed by atoms with Crippen LogP contribution in [0, 0.1) is 5.92 Å². The molecule has 2 N–H and O–H groups in total. The van der Waals surface area contributed by atoms with Crippen LogP contribution in [-0.2, 0) is 19.0 Å². The molecule has 23 heavy (non-hydrogen) atoms. The molecule has 5 heteroatoms. The molecule has 0 unspecified atom stereocenters. The van der Waals surface area contributed by atoms with Gasteiger partial charge in [-0.1, -0.05) is 19.8 Å². The third-order valence-corrected chi connectivity index (χ3v) is 5.13. The molecule has 0 aromatic carbocycles. The molecular formula is C18H33NO4. The number of unbranched alkanes of at least 4 members (excludes halogenated alkanes) is 2. The highest BCUT2D eigenvalue weighted by Gasteiger charge is 2.37.